The van der Waals surface area contributed by atoms with Crippen LogP contribution in [0.15, 0.2) is 18.2 Å². The number of ketones is 1. The van der Waals surface area contributed by atoms with Crippen molar-refractivity contribution >= 4 is 11.5 Å². The number of ether oxygens (including phenoxy) is 1. The lowest BCUT2D eigenvalue weighted by atomic mass is 9.94. The Balaban J connectivity index is 2.27. The maximum atomic E-state index is 11.9. The van der Waals surface area contributed by atoms with Crippen molar-refractivity contribution in [1.29, 1.82) is 0 Å². The Hall–Kier alpha value is -1.51. The number of nitrogens with one attached hydrogen (secondary N) is 1. The number of anilines is 1. The van der Waals surface area contributed by atoms with E-state index in [4.69, 9.17) is 4.74 Å². The van der Waals surface area contributed by atoms with Crippen molar-refractivity contribution in [1.82, 2.24) is 0 Å². The normalized spacial score (nSPS) is 18.9. The molecule has 0 fully saturated rings. The highest BCUT2D eigenvalue weighted by Gasteiger charge is 2.23. The van der Waals surface area contributed by atoms with Crippen LogP contribution in [0.5, 0.6) is 5.75 Å². The minimum Gasteiger partial charge on any atom is -0.497 e. The summed E-state index contributed by atoms with van der Waals surface area (Å²) in [5, 5.41) is 3.40. The van der Waals surface area contributed by atoms with Gasteiger partial charge in [-0.2, -0.15) is 0 Å². The number of hydrogen-bond donors (Lipinski definition) is 1. The molecular weight excluding hydrogens is 202 g/mol. The molecule has 0 aromatic heterocycles. The van der Waals surface area contributed by atoms with Crippen LogP contribution in [0, 0.1) is 0 Å². The van der Waals surface area contributed by atoms with Gasteiger partial charge in [-0.25, -0.2) is 0 Å². The first-order chi connectivity index (χ1) is 7.74. The second-order valence-electron chi connectivity index (χ2n) is 4.17. The van der Waals surface area contributed by atoms with Gasteiger partial charge in [0.05, 0.1) is 7.11 Å². The van der Waals surface area contributed by atoms with E-state index in [1.165, 1.54) is 0 Å². The summed E-state index contributed by atoms with van der Waals surface area (Å²) in [4.78, 5) is 11.9. The van der Waals surface area contributed by atoms with Gasteiger partial charge in [-0.1, -0.05) is 13.3 Å². The fourth-order valence-electron chi connectivity index (χ4n) is 2.13. The minimum atomic E-state index is 0.214. The predicted octanol–water partition coefficient (Wildman–Crippen LogP) is 2.86. The quantitative estimate of drug-likeness (QED) is 0.849. The summed E-state index contributed by atoms with van der Waals surface area (Å²) < 4.78 is 5.12. The number of benzene rings is 1. The zero-order chi connectivity index (χ0) is 11.5. The number of methoxy groups -OCH3 is 1. The summed E-state index contributed by atoms with van der Waals surface area (Å²) in [5.41, 5.74) is 1.70. The molecule has 0 saturated heterocycles. The van der Waals surface area contributed by atoms with E-state index in [9.17, 15) is 4.79 Å². The van der Waals surface area contributed by atoms with E-state index in [0.29, 0.717) is 12.5 Å². The van der Waals surface area contributed by atoms with Crippen molar-refractivity contribution in [2.45, 2.75) is 32.2 Å². The maximum Gasteiger partial charge on any atom is 0.167 e. The molecule has 0 saturated carbocycles. The topological polar surface area (TPSA) is 38.3 Å². The molecule has 0 radical (unpaired) electrons. The van der Waals surface area contributed by atoms with Crippen LogP contribution in [0.2, 0.25) is 0 Å². The third-order valence-corrected chi connectivity index (χ3v) is 2.96. The van der Waals surface area contributed by atoms with E-state index in [2.05, 4.69) is 12.2 Å². The van der Waals surface area contributed by atoms with Crippen LogP contribution in [-0.4, -0.2) is 18.9 Å². The minimum absolute atomic E-state index is 0.214. The van der Waals surface area contributed by atoms with E-state index in [1.54, 1.807) is 7.11 Å². The molecule has 3 nitrogen and oxygen atoms in total. The van der Waals surface area contributed by atoms with Gasteiger partial charge in [-0.05, 0) is 24.6 Å². The molecule has 1 aliphatic rings. The van der Waals surface area contributed by atoms with Crippen LogP contribution < -0.4 is 10.1 Å². The SMILES string of the molecule is CCC[C@H]1CC(=O)c2cc(OC)ccc2N1. The second kappa shape index (κ2) is 4.56. The van der Waals surface area contributed by atoms with Crippen LogP contribution >= 0.6 is 0 Å². The van der Waals surface area contributed by atoms with Crippen LogP contribution in [0.4, 0.5) is 5.69 Å². The fraction of sp³-hybridized carbons (Fsp3) is 0.462. The maximum absolute atomic E-state index is 11.9. The number of rotatable bonds is 3. The summed E-state index contributed by atoms with van der Waals surface area (Å²) in [6.07, 6.45) is 2.72. The van der Waals surface area contributed by atoms with Crippen LogP contribution in [0.1, 0.15) is 36.5 Å². The lowest BCUT2D eigenvalue weighted by molar-refractivity contribution is 0.0971. The molecule has 1 aromatic carbocycles. The molecule has 1 aliphatic heterocycles. The molecule has 0 unspecified atom stereocenters. The molecule has 0 spiro atoms. The highest BCUT2D eigenvalue weighted by molar-refractivity contribution is 6.03. The van der Waals surface area contributed by atoms with Crippen LogP contribution in [0.3, 0.4) is 0 Å². The summed E-state index contributed by atoms with van der Waals surface area (Å²) in [7, 11) is 1.61. The Morgan fingerprint density at radius 1 is 1.50 bits per heavy atom. The molecular formula is C13H17NO2. The smallest absolute Gasteiger partial charge is 0.167 e. The first kappa shape index (κ1) is 11.0. The first-order valence-corrected chi connectivity index (χ1v) is 5.72. The third-order valence-electron chi connectivity index (χ3n) is 2.96. The molecule has 1 aromatic rings. The lowest BCUT2D eigenvalue weighted by Gasteiger charge is -2.26. The molecule has 3 heteroatoms. The molecule has 1 N–H and O–H groups in total. The second-order valence-corrected chi connectivity index (χ2v) is 4.17. The average Bonchev–Trinajstić information content (AvgIpc) is 2.29. The van der Waals surface area contributed by atoms with E-state index < -0.39 is 0 Å². The van der Waals surface area contributed by atoms with Crippen molar-refractivity contribution in [2.24, 2.45) is 0 Å². The largest absolute Gasteiger partial charge is 0.497 e. The van der Waals surface area contributed by atoms with Gasteiger partial charge in [-0.3, -0.25) is 4.79 Å². The standard InChI is InChI=1S/C13H17NO2/c1-3-4-9-7-13(15)11-8-10(16-2)5-6-12(11)14-9/h5-6,8-9,14H,3-4,7H2,1-2H3/t9-/m0/s1. The van der Waals surface area contributed by atoms with Crippen LogP contribution in [-0.2, 0) is 0 Å². The summed E-state index contributed by atoms with van der Waals surface area (Å²) in [6.45, 7) is 2.13. The number of fused-ring (bicyclic) bond motifs is 1. The molecule has 16 heavy (non-hydrogen) atoms. The van der Waals surface area contributed by atoms with Crippen molar-refractivity contribution in [3.05, 3.63) is 23.8 Å². The molecule has 0 amide bonds. The molecule has 86 valence electrons. The van der Waals surface area contributed by atoms with Crippen molar-refractivity contribution < 1.29 is 9.53 Å². The highest BCUT2D eigenvalue weighted by Crippen LogP contribution is 2.29. The zero-order valence-electron chi connectivity index (χ0n) is 9.75. The van der Waals surface area contributed by atoms with Crippen molar-refractivity contribution in [2.75, 3.05) is 12.4 Å². The van der Waals surface area contributed by atoms with Gasteiger partial charge in [0, 0.05) is 23.7 Å². The van der Waals surface area contributed by atoms with E-state index >= 15 is 0 Å². The molecule has 0 aliphatic carbocycles. The third kappa shape index (κ3) is 2.03. The van der Waals surface area contributed by atoms with Gasteiger partial charge in [0.25, 0.3) is 0 Å². The van der Waals surface area contributed by atoms with Gasteiger partial charge >= 0.3 is 0 Å². The Morgan fingerprint density at radius 3 is 3.00 bits per heavy atom. The monoisotopic (exact) mass is 219 g/mol. The lowest BCUT2D eigenvalue weighted by Crippen LogP contribution is -2.29. The van der Waals surface area contributed by atoms with E-state index in [0.717, 1.165) is 29.8 Å². The number of Topliss-reactive ketones (excluding diaryl/α,β-unsaturated/α-hetero) is 1. The summed E-state index contributed by atoms with van der Waals surface area (Å²) >= 11 is 0. The fourth-order valence-corrected chi connectivity index (χ4v) is 2.13. The van der Waals surface area contributed by atoms with Crippen molar-refractivity contribution in [3.63, 3.8) is 0 Å². The average molecular weight is 219 g/mol. The van der Waals surface area contributed by atoms with Gasteiger partial charge in [0.1, 0.15) is 5.75 Å². The molecule has 2 rings (SSSR count). The van der Waals surface area contributed by atoms with Gasteiger partial charge in [-0.15, -0.1) is 0 Å². The van der Waals surface area contributed by atoms with Gasteiger partial charge < -0.3 is 10.1 Å². The van der Waals surface area contributed by atoms with Crippen LogP contribution in [0.25, 0.3) is 0 Å². The number of hydrogen-bond acceptors (Lipinski definition) is 3. The number of carbonyl (C=O) groups excluding carboxylic acids is 1. The van der Waals surface area contributed by atoms with Gasteiger partial charge in [0.15, 0.2) is 5.78 Å². The Kier molecular flexibility index (Phi) is 3.13. The first-order valence-electron chi connectivity index (χ1n) is 5.72. The summed E-state index contributed by atoms with van der Waals surface area (Å²) in [6, 6.07) is 5.91. The highest BCUT2D eigenvalue weighted by atomic mass is 16.5. The van der Waals surface area contributed by atoms with E-state index in [-0.39, 0.29) is 5.78 Å². The molecule has 1 atom stereocenters. The Labute approximate surface area is 95.8 Å². The Bertz CT molecular complexity index is 401. The van der Waals surface area contributed by atoms with Crippen molar-refractivity contribution in [3.8, 4) is 5.75 Å². The summed E-state index contributed by atoms with van der Waals surface area (Å²) in [5.74, 6) is 0.953. The van der Waals surface area contributed by atoms with Gasteiger partial charge in [0.2, 0.25) is 0 Å². The zero-order valence-corrected chi connectivity index (χ0v) is 9.75. The molecule has 1 heterocycles. The molecule has 0 bridgehead atoms. The Morgan fingerprint density at radius 2 is 2.31 bits per heavy atom. The van der Waals surface area contributed by atoms with E-state index in [1.807, 2.05) is 18.2 Å². The number of carbonyl (C=O) groups is 1. The predicted molar refractivity (Wildman–Crippen MR) is 64.3 cm³/mol.